The second-order valence-electron chi connectivity index (χ2n) is 7.90. The number of hydrogen-bond acceptors (Lipinski definition) is 4. The summed E-state index contributed by atoms with van der Waals surface area (Å²) >= 11 is 3.27. The highest BCUT2D eigenvalue weighted by Crippen LogP contribution is 2.44. The molecule has 2 amide bonds. The average Bonchev–Trinajstić information content (AvgIpc) is 3.14. The molecule has 34 heavy (non-hydrogen) atoms. The molecule has 1 aliphatic carbocycles. The lowest BCUT2D eigenvalue weighted by Crippen LogP contribution is -2.27. The summed E-state index contributed by atoms with van der Waals surface area (Å²) in [5.41, 5.74) is 4.83. The SMILES string of the molecule is O=C(CCCNC(=O)OCC1c2ccccc2-c2ccccc21)Nc1cc(Br)ccc1C(=O)O. The van der Waals surface area contributed by atoms with Gasteiger partial charge in [0.1, 0.15) is 6.61 Å². The van der Waals surface area contributed by atoms with Gasteiger partial charge in [-0.3, -0.25) is 4.79 Å². The zero-order chi connectivity index (χ0) is 24.1. The predicted octanol–water partition coefficient (Wildman–Crippen LogP) is 5.40. The van der Waals surface area contributed by atoms with Crippen molar-refractivity contribution in [2.75, 3.05) is 18.5 Å². The molecule has 3 N–H and O–H groups in total. The molecule has 0 aliphatic heterocycles. The quantitative estimate of drug-likeness (QED) is 0.343. The van der Waals surface area contributed by atoms with Crippen LogP contribution in [0, 0.1) is 0 Å². The number of hydrogen-bond donors (Lipinski definition) is 3. The van der Waals surface area contributed by atoms with E-state index in [0.717, 1.165) is 22.3 Å². The van der Waals surface area contributed by atoms with Gasteiger partial charge in [0.15, 0.2) is 0 Å². The first-order valence-electron chi connectivity index (χ1n) is 10.9. The maximum absolute atomic E-state index is 12.2. The maximum atomic E-state index is 12.2. The number of carbonyl (C=O) groups is 3. The smallest absolute Gasteiger partial charge is 0.407 e. The van der Waals surface area contributed by atoms with Crippen molar-refractivity contribution in [3.05, 3.63) is 87.9 Å². The highest BCUT2D eigenvalue weighted by Gasteiger charge is 2.28. The molecule has 3 aromatic carbocycles. The van der Waals surface area contributed by atoms with Crippen molar-refractivity contribution in [1.29, 1.82) is 0 Å². The van der Waals surface area contributed by atoms with E-state index in [9.17, 15) is 19.5 Å². The van der Waals surface area contributed by atoms with E-state index < -0.39 is 12.1 Å². The number of aromatic carboxylic acids is 1. The van der Waals surface area contributed by atoms with E-state index in [1.54, 1.807) is 6.07 Å². The number of alkyl carbamates (subject to hydrolysis) is 1. The number of rotatable bonds is 8. The van der Waals surface area contributed by atoms with Gasteiger partial charge in [0, 0.05) is 23.4 Å². The van der Waals surface area contributed by atoms with Gasteiger partial charge in [-0.2, -0.15) is 0 Å². The van der Waals surface area contributed by atoms with E-state index in [0.29, 0.717) is 10.9 Å². The molecular formula is C26H23BrN2O5. The second-order valence-corrected chi connectivity index (χ2v) is 8.81. The van der Waals surface area contributed by atoms with Gasteiger partial charge in [-0.05, 0) is 46.9 Å². The van der Waals surface area contributed by atoms with Crippen LogP contribution in [0.2, 0.25) is 0 Å². The van der Waals surface area contributed by atoms with Crippen LogP contribution in [0.1, 0.15) is 40.2 Å². The zero-order valence-corrected chi connectivity index (χ0v) is 19.8. The second kappa shape index (κ2) is 10.5. The van der Waals surface area contributed by atoms with Crippen LogP contribution in [0.4, 0.5) is 10.5 Å². The normalized spacial score (nSPS) is 11.9. The van der Waals surface area contributed by atoms with Gasteiger partial charge in [-0.1, -0.05) is 64.5 Å². The third-order valence-electron chi connectivity index (χ3n) is 5.68. The van der Waals surface area contributed by atoms with E-state index in [2.05, 4.69) is 50.8 Å². The minimum absolute atomic E-state index is 0.00770. The first-order chi connectivity index (χ1) is 16.4. The van der Waals surface area contributed by atoms with Gasteiger partial charge >= 0.3 is 12.1 Å². The van der Waals surface area contributed by atoms with Crippen molar-refractivity contribution in [1.82, 2.24) is 5.32 Å². The monoisotopic (exact) mass is 522 g/mol. The summed E-state index contributed by atoms with van der Waals surface area (Å²) in [4.78, 5) is 35.7. The zero-order valence-electron chi connectivity index (χ0n) is 18.2. The summed E-state index contributed by atoms with van der Waals surface area (Å²) < 4.78 is 6.13. The lowest BCUT2D eigenvalue weighted by molar-refractivity contribution is -0.116. The van der Waals surface area contributed by atoms with Gasteiger partial charge in [-0.15, -0.1) is 0 Å². The Hall–Kier alpha value is -3.65. The number of nitrogens with one attached hydrogen (secondary N) is 2. The van der Waals surface area contributed by atoms with Crippen molar-refractivity contribution in [2.24, 2.45) is 0 Å². The number of benzene rings is 3. The molecule has 0 fully saturated rings. The van der Waals surface area contributed by atoms with Crippen LogP contribution in [-0.4, -0.2) is 36.2 Å². The van der Waals surface area contributed by atoms with Crippen molar-refractivity contribution < 1.29 is 24.2 Å². The first kappa shape index (κ1) is 23.5. The fraction of sp³-hybridized carbons (Fsp3) is 0.192. The third kappa shape index (κ3) is 5.28. The Morgan fingerprint density at radius 1 is 0.941 bits per heavy atom. The van der Waals surface area contributed by atoms with E-state index in [4.69, 9.17) is 4.74 Å². The molecule has 4 rings (SSSR count). The maximum Gasteiger partial charge on any atom is 0.407 e. The molecule has 0 unspecified atom stereocenters. The van der Waals surface area contributed by atoms with Crippen molar-refractivity contribution in [2.45, 2.75) is 18.8 Å². The molecule has 1 aliphatic rings. The number of carbonyl (C=O) groups excluding carboxylic acids is 2. The first-order valence-corrected chi connectivity index (χ1v) is 11.6. The molecule has 174 valence electrons. The van der Waals surface area contributed by atoms with Gasteiger partial charge < -0.3 is 20.5 Å². The van der Waals surface area contributed by atoms with E-state index >= 15 is 0 Å². The fourth-order valence-corrected chi connectivity index (χ4v) is 4.47. The van der Waals surface area contributed by atoms with Crippen LogP contribution in [0.25, 0.3) is 11.1 Å². The van der Waals surface area contributed by atoms with Crippen molar-refractivity contribution in [3.8, 4) is 11.1 Å². The summed E-state index contributed by atoms with van der Waals surface area (Å²) in [6.45, 7) is 0.482. The van der Waals surface area contributed by atoms with E-state index in [1.165, 1.54) is 12.1 Å². The van der Waals surface area contributed by atoms with E-state index in [1.807, 2.05) is 24.3 Å². The lowest BCUT2D eigenvalue weighted by atomic mass is 9.98. The summed E-state index contributed by atoms with van der Waals surface area (Å²) in [5, 5.41) is 14.5. The predicted molar refractivity (Wildman–Crippen MR) is 132 cm³/mol. The Labute approximate surface area is 205 Å². The topological polar surface area (TPSA) is 105 Å². The standard InChI is InChI=1S/C26H23BrN2O5/c27-16-11-12-21(25(31)32)23(14-16)29-24(30)10-5-13-28-26(33)34-15-22-19-8-3-1-6-17(19)18-7-2-4-9-20(18)22/h1-4,6-9,11-12,14,22H,5,10,13,15H2,(H,28,33)(H,29,30)(H,31,32). The minimum atomic E-state index is -1.13. The van der Waals surface area contributed by atoms with Crippen LogP contribution in [-0.2, 0) is 9.53 Å². The Morgan fingerprint density at radius 2 is 1.59 bits per heavy atom. The fourth-order valence-electron chi connectivity index (χ4n) is 4.11. The van der Waals surface area contributed by atoms with Crippen molar-refractivity contribution >= 4 is 39.6 Å². The molecule has 0 radical (unpaired) electrons. The van der Waals surface area contributed by atoms with Crippen LogP contribution in [0.5, 0.6) is 0 Å². The highest BCUT2D eigenvalue weighted by molar-refractivity contribution is 9.10. The summed E-state index contributed by atoms with van der Waals surface area (Å²) in [6.07, 6.45) is -0.0378. The van der Waals surface area contributed by atoms with Gasteiger partial charge in [0.05, 0.1) is 11.3 Å². The molecular weight excluding hydrogens is 500 g/mol. The third-order valence-corrected chi connectivity index (χ3v) is 6.17. The van der Waals surface area contributed by atoms with Crippen LogP contribution in [0.15, 0.2) is 71.2 Å². The molecule has 8 heteroatoms. The van der Waals surface area contributed by atoms with Crippen LogP contribution in [0.3, 0.4) is 0 Å². The van der Waals surface area contributed by atoms with Gasteiger partial charge in [0.2, 0.25) is 5.91 Å². The number of amides is 2. The van der Waals surface area contributed by atoms with Crippen molar-refractivity contribution in [3.63, 3.8) is 0 Å². The largest absolute Gasteiger partial charge is 0.478 e. The Morgan fingerprint density at radius 3 is 2.24 bits per heavy atom. The Kier molecular flexibility index (Phi) is 7.27. The number of halogens is 1. The molecule has 0 bridgehead atoms. The highest BCUT2D eigenvalue weighted by atomic mass is 79.9. The molecule has 7 nitrogen and oxygen atoms in total. The number of anilines is 1. The van der Waals surface area contributed by atoms with Gasteiger partial charge in [-0.25, -0.2) is 9.59 Å². The number of fused-ring (bicyclic) bond motifs is 3. The molecule has 0 saturated heterocycles. The number of carboxylic acid groups (broad SMARTS) is 1. The summed E-state index contributed by atoms with van der Waals surface area (Å²) in [5.74, 6) is -1.48. The molecule has 0 atom stereocenters. The Bertz CT molecular complexity index is 1200. The van der Waals surface area contributed by atoms with Crippen LogP contribution >= 0.6 is 15.9 Å². The molecule has 0 aromatic heterocycles. The average molecular weight is 523 g/mol. The minimum Gasteiger partial charge on any atom is -0.478 e. The lowest BCUT2D eigenvalue weighted by Gasteiger charge is -2.14. The molecule has 3 aromatic rings. The van der Waals surface area contributed by atoms with E-state index in [-0.39, 0.29) is 42.6 Å². The molecule has 0 spiro atoms. The Balaban J connectivity index is 1.23. The molecule has 0 heterocycles. The molecule has 0 saturated carbocycles. The summed E-state index contributed by atoms with van der Waals surface area (Å²) in [6, 6.07) is 20.8. The number of ether oxygens (including phenoxy) is 1. The number of carboxylic acids is 1. The van der Waals surface area contributed by atoms with Crippen LogP contribution < -0.4 is 10.6 Å². The van der Waals surface area contributed by atoms with Gasteiger partial charge in [0.25, 0.3) is 0 Å². The summed E-state index contributed by atoms with van der Waals surface area (Å²) in [7, 11) is 0.